The molecule has 0 aromatic carbocycles. The average Bonchev–Trinajstić information content (AvgIpc) is 2.35. The number of alkyl halides is 1. The summed E-state index contributed by atoms with van der Waals surface area (Å²) in [6.45, 7) is 0. The number of methoxy groups -OCH3 is 1. The van der Waals surface area contributed by atoms with Crippen LogP contribution in [0.25, 0.3) is 0 Å². The first-order valence-corrected chi connectivity index (χ1v) is 5.73. The van der Waals surface area contributed by atoms with Gasteiger partial charge in [0.2, 0.25) is 0 Å². The van der Waals surface area contributed by atoms with Crippen molar-refractivity contribution >= 4 is 21.6 Å². The number of rotatable bonds is 5. The summed E-state index contributed by atoms with van der Waals surface area (Å²) >= 11 is 3.00. The van der Waals surface area contributed by atoms with Crippen LogP contribution in [0.15, 0.2) is 12.3 Å². The molecule has 94 valence electrons. The standard InChI is InChI=1S/C9H11BrN2O5/c1-17-9-6(12(15)16)2-5(4-11-9)8(14)7(13)3-10/h2,4,7-8,13-14H,3H2,1H3. The minimum atomic E-state index is -1.24. The Morgan fingerprint density at radius 3 is 2.76 bits per heavy atom. The van der Waals surface area contributed by atoms with Gasteiger partial charge >= 0.3 is 5.69 Å². The predicted molar refractivity (Wildman–Crippen MR) is 62.2 cm³/mol. The molecule has 1 heterocycles. The van der Waals surface area contributed by atoms with Crippen LogP contribution in [0.5, 0.6) is 5.88 Å². The van der Waals surface area contributed by atoms with Crippen LogP contribution in [0.1, 0.15) is 11.7 Å². The zero-order valence-electron chi connectivity index (χ0n) is 8.91. The van der Waals surface area contributed by atoms with Crippen molar-refractivity contribution in [2.24, 2.45) is 0 Å². The van der Waals surface area contributed by atoms with Gasteiger partial charge in [0, 0.05) is 23.2 Å². The van der Waals surface area contributed by atoms with Gasteiger partial charge in [0.25, 0.3) is 5.88 Å². The lowest BCUT2D eigenvalue weighted by molar-refractivity contribution is -0.386. The Hall–Kier alpha value is -1.25. The summed E-state index contributed by atoms with van der Waals surface area (Å²) in [4.78, 5) is 13.8. The van der Waals surface area contributed by atoms with Gasteiger partial charge in [-0.15, -0.1) is 0 Å². The fourth-order valence-electron chi connectivity index (χ4n) is 1.21. The van der Waals surface area contributed by atoms with Crippen molar-refractivity contribution in [1.29, 1.82) is 0 Å². The summed E-state index contributed by atoms with van der Waals surface area (Å²) in [6, 6.07) is 1.13. The molecule has 2 atom stereocenters. The second-order valence-electron chi connectivity index (χ2n) is 3.22. The zero-order chi connectivity index (χ0) is 13.0. The van der Waals surface area contributed by atoms with Crippen molar-refractivity contribution in [3.63, 3.8) is 0 Å². The predicted octanol–water partition coefficient (Wildman–Crippen LogP) is 0.788. The molecule has 0 aliphatic carbocycles. The van der Waals surface area contributed by atoms with E-state index in [1.807, 2.05) is 0 Å². The number of hydrogen-bond donors (Lipinski definition) is 2. The van der Waals surface area contributed by atoms with Gasteiger partial charge in [-0.05, 0) is 0 Å². The quantitative estimate of drug-likeness (QED) is 0.473. The highest BCUT2D eigenvalue weighted by atomic mass is 79.9. The molecule has 0 saturated carbocycles. The minimum absolute atomic E-state index is 0.140. The topological polar surface area (TPSA) is 106 Å². The van der Waals surface area contributed by atoms with Crippen molar-refractivity contribution in [3.8, 4) is 5.88 Å². The van der Waals surface area contributed by atoms with Crippen LogP contribution >= 0.6 is 15.9 Å². The zero-order valence-corrected chi connectivity index (χ0v) is 10.5. The Morgan fingerprint density at radius 1 is 1.65 bits per heavy atom. The lowest BCUT2D eigenvalue weighted by Gasteiger charge is -2.15. The molecule has 1 rings (SSSR count). The van der Waals surface area contributed by atoms with Crippen molar-refractivity contribution < 1.29 is 19.9 Å². The smallest absolute Gasteiger partial charge is 0.331 e. The van der Waals surface area contributed by atoms with Gasteiger partial charge in [-0.2, -0.15) is 0 Å². The van der Waals surface area contributed by atoms with E-state index in [4.69, 9.17) is 4.74 Å². The van der Waals surface area contributed by atoms with E-state index in [2.05, 4.69) is 20.9 Å². The lowest BCUT2D eigenvalue weighted by Crippen LogP contribution is -2.19. The van der Waals surface area contributed by atoms with E-state index in [0.717, 1.165) is 6.07 Å². The highest BCUT2D eigenvalue weighted by molar-refractivity contribution is 9.09. The maximum absolute atomic E-state index is 10.7. The largest absolute Gasteiger partial charge is 0.476 e. The van der Waals surface area contributed by atoms with Crippen LogP contribution in [0.2, 0.25) is 0 Å². The summed E-state index contributed by atoms with van der Waals surface area (Å²) < 4.78 is 4.72. The van der Waals surface area contributed by atoms with Gasteiger partial charge < -0.3 is 14.9 Å². The third-order valence-corrected chi connectivity index (χ3v) is 2.77. The van der Waals surface area contributed by atoms with Crippen molar-refractivity contribution in [1.82, 2.24) is 4.98 Å². The summed E-state index contributed by atoms with van der Waals surface area (Å²) in [5, 5.41) is 30.0. The highest BCUT2D eigenvalue weighted by Gasteiger charge is 2.23. The minimum Gasteiger partial charge on any atom is -0.476 e. The third kappa shape index (κ3) is 3.11. The third-order valence-electron chi connectivity index (χ3n) is 2.11. The number of nitrogens with zero attached hydrogens (tertiary/aromatic N) is 2. The molecule has 2 unspecified atom stereocenters. The molecule has 2 N–H and O–H groups in total. The van der Waals surface area contributed by atoms with Crippen molar-refractivity contribution in [2.45, 2.75) is 12.2 Å². The van der Waals surface area contributed by atoms with Gasteiger partial charge in [0.15, 0.2) is 0 Å². The van der Waals surface area contributed by atoms with Crippen LogP contribution in [0.3, 0.4) is 0 Å². The molecule has 0 amide bonds. The van der Waals surface area contributed by atoms with Gasteiger partial charge in [-0.3, -0.25) is 10.1 Å². The Bertz CT molecular complexity index is 414. The number of aliphatic hydroxyl groups excluding tert-OH is 2. The Balaban J connectivity index is 3.12. The van der Waals surface area contributed by atoms with Gasteiger partial charge in [-0.25, -0.2) is 4.98 Å². The fourth-order valence-corrected chi connectivity index (χ4v) is 1.57. The molecule has 0 aliphatic heterocycles. The Kier molecular flexibility index (Phi) is 4.79. The van der Waals surface area contributed by atoms with E-state index in [-0.39, 0.29) is 22.5 Å². The van der Waals surface area contributed by atoms with Crippen LogP contribution in [-0.4, -0.2) is 38.7 Å². The Labute approximate surface area is 105 Å². The number of pyridine rings is 1. The van der Waals surface area contributed by atoms with E-state index in [9.17, 15) is 20.3 Å². The SMILES string of the molecule is COc1ncc(C(O)C(O)CBr)cc1[N+](=O)[O-]. The lowest BCUT2D eigenvalue weighted by atomic mass is 10.1. The molecule has 17 heavy (non-hydrogen) atoms. The molecule has 8 heteroatoms. The molecule has 0 aliphatic rings. The van der Waals surface area contributed by atoms with E-state index in [0.29, 0.717) is 0 Å². The van der Waals surface area contributed by atoms with Crippen LogP contribution < -0.4 is 4.74 Å². The van der Waals surface area contributed by atoms with E-state index >= 15 is 0 Å². The van der Waals surface area contributed by atoms with Crippen molar-refractivity contribution in [2.75, 3.05) is 12.4 Å². The fraction of sp³-hybridized carbons (Fsp3) is 0.444. The highest BCUT2D eigenvalue weighted by Crippen LogP contribution is 2.28. The average molecular weight is 307 g/mol. The van der Waals surface area contributed by atoms with Gasteiger partial charge in [0.05, 0.1) is 18.1 Å². The number of hydrogen-bond acceptors (Lipinski definition) is 6. The molecular formula is C9H11BrN2O5. The molecule has 0 saturated heterocycles. The molecule has 0 bridgehead atoms. The maximum Gasteiger partial charge on any atom is 0.331 e. The second-order valence-corrected chi connectivity index (χ2v) is 3.87. The summed E-state index contributed by atoms with van der Waals surface area (Å²) in [6.07, 6.45) is -1.08. The molecule has 0 radical (unpaired) electrons. The molecule has 1 aromatic rings. The van der Waals surface area contributed by atoms with Gasteiger partial charge in [0.1, 0.15) is 6.10 Å². The van der Waals surface area contributed by atoms with Crippen LogP contribution in [-0.2, 0) is 0 Å². The number of nitro groups is 1. The first-order chi connectivity index (χ1) is 8.01. The second kappa shape index (κ2) is 5.89. The summed E-state index contributed by atoms with van der Waals surface area (Å²) in [7, 11) is 1.26. The molecule has 0 spiro atoms. The normalized spacial score (nSPS) is 14.1. The van der Waals surface area contributed by atoms with Crippen LogP contribution in [0, 0.1) is 10.1 Å². The summed E-state index contributed by atoms with van der Waals surface area (Å²) in [5.74, 6) is -0.140. The summed E-state index contributed by atoms with van der Waals surface area (Å²) in [5.41, 5.74) is -0.199. The Morgan fingerprint density at radius 2 is 2.29 bits per heavy atom. The number of ether oxygens (including phenoxy) is 1. The van der Waals surface area contributed by atoms with Gasteiger partial charge in [-0.1, -0.05) is 15.9 Å². The molecular weight excluding hydrogens is 296 g/mol. The van der Waals surface area contributed by atoms with E-state index < -0.39 is 17.1 Å². The van der Waals surface area contributed by atoms with Crippen LogP contribution in [0.4, 0.5) is 5.69 Å². The molecule has 0 fully saturated rings. The first-order valence-electron chi connectivity index (χ1n) is 4.61. The first kappa shape index (κ1) is 13.8. The maximum atomic E-state index is 10.7. The number of halogens is 1. The monoisotopic (exact) mass is 306 g/mol. The number of aromatic nitrogens is 1. The number of aliphatic hydroxyl groups is 2. The van der Waals surface area contributed by atoms with Crippen molar-refractivity contribution in [3.05, 3.63) is 27.9 Å². The molecule has 1 aromatic heterocycles. The van der Waals surface area contributed by atoms with E-state index in [1.165, 1.54) is 13.3 Å². The molecule has 7 nitrogen and oxygen atoms in total. The van der Waals surface area contributed by atoms with E-state index in [1.54, 1.807) is 0 Å².